The van der Waals surface area contributed by atoms with Crippen LogP contribution in [0.1, 0.15) is 13.8 Å². The lowest BCUT2D eigenvalue weighted by Crippen LogP contribution is -2.08. The highest BCUT2D eigenvalue weighted by Crippen LogP contribution is 1.97. The number of aromatic amines is 1. The van der Waals surface area contributed by atoms with Crippen LogP contribution in [0.5, 0.6) is 0 Å². The van der Waals surface area contributed by atoms with Crippen LogP contribution in [0.3, 0.4) is 0 Å². The third kappa shape index (κ3) is 1.87. The Balaban J connectivity index is 0.000000396. The molecule has 1 N–H and O–H groups in total. The van der Waals surface area contributed by atoms with E-state index in [1.807, 2.05) is 13.8 Å². The Hall–Kier alpha value is -1.78. The summed E-state index contributed by atoms with van der Waals surface area (Å²) in [5.41, 5.74) is 0.298. The second-order valence-corrected chi connectivity index (χ2v) is 2.02. The van der Waals surface area contributed by atoms with Gasteiger partial charge in [0.1, 0.15) is 6.33 Å². The van der Waals surface area contributed by atoms with E-state index in [1.165, 1.54) is 18.7 Å². The van der Waals surface area contributed by atoms with Crippen LogP contribution in [0.25, 0.3) is 10.9 Å². The molecule has 2 heterocycles. The molecule has 0 aliphatic rings. The van der Waals surface area contributed by atoms with E-state index in [9.17, 15) is 4.79 Å². The van der Waals surface area contributed by atoms with Gasteiger partial charge >= 0.3 is 0 Å². The van der Waals surface area contributed by atoms with Crippen molar-refractivity contribution in [1.82, 2.24) is 20.2 Å². The van der Waals surface area contributed by atoms with Crippen molar-refractivity contribution in [2.45, 2.75) is 13.8 Å². The number of nitrogens with one attached hydrogen (secondary N) is 1. The Morgan fingerprint density at radius 2 is 2.08 bits per heavy atom. The van der Waals surface area contributed by atoms with Crippen LogP contribution in [0, 0.1) is 0 Å². The Bertz CT molecular complexity index is 432. The second-order valence-electron chi connectivity index (χ2n) is 2.02. The lowest BCUT2D eigenvalue weighted by Gasteiger charge is -1.89. The van der Waals surface area contributed by atoms with E-state index in [4.69, 9.17) is 0 Å². The van der Waals surface area contributed by atoms with E-state index in [2.05, 4.69) is 20.2 Å². The number of hydrogen-bond acceptors (Lipinski definition) is 4. The highest BCUT2D eigenvalue weighted by molar-refractivity contribution is 5.74. The van der Waals surface area contributed by atoms with Gasteiger partial charge in [-0.15, -0.1) is 0 Å². The zero-order valence-corrected chi connectivity index (χ0v) is 7.48. The second kappa shape index (κ2) is 4.30. The maximum absolute atomic E-state index is 11.0. The van der Waals surface area contributed by atoms with Crippen molar-refractivity contribution in [2.75, 3.05) is 0 Å². The number of hydrogen-bond donors (Lipinski definition) is 1. The molecule has 0 unspecified atom stereocenters. The van der Waals surface area contributed by atoms with Gasteiger partial charge in [-0.25, -0.2) is 15.1 Å². The summed E-state index contributed by atoms with van der Waals surface area (Å²) in [4.78, 5) is 18.5. The molecule has 2 rings (SSSR count). The van der Waals surface area contributed by atoms with Crippen LogP contribution in [-0.4, -0.2) is 20.2 Å². The molecule has 2 aromatic heterocycles. The smallest absolute Gasteiger partial charge is 0.267 e. The van der Waals surface area contributed by atoms with Crippen molar-refractivity contribution in [3.8, 4) is 0 Å². The molecule has 68 valence electrons. The first-order valence-electron chi connectivity index (χ1n) is 4.01. The number of nitrogens with zero attached hydrogens (tertiary/aromatic N) is 3. The standard InChI is InChI=1S/C6H4N4O.C2H6/c11-6-4-1-7-3-8-5(4)2-9-10-6;1-2/h1-3H,(H,10,11);1-2H3. The molecular weight excluding hydrogens is 168 g/mol. The van der Waals surface area contributed by atoms with E-state index >= 15 is 0 Å². The van der Waals surface area contributed by atoms with Gasteiger partial charge in [0.25, 0.3) is 5.56 Å². The molecule has 0 spiro atoms. The van der Waals surface area contributed by atoms with Crippen LogP contribution in [0.15, 0.2) is 23.5 Å². The van der Waals surface area contributed by atoms with E-state index in [1.54, 1.807) is 0 Å². The molecule has 0 saturated heterocycles. The third-order valence-corrected chi connectivity index (χ3v) is 1.34. The molecule has 0 fully saturated rings. The Morgan fingerprint density at radius 1 is 1.31 bits per heavy atom. The molecule has 2 aromatic rings. The highest BCUT2D eigenvalue weighted by atomic mass is 16.1. The fourth-order valence-electron chi connectivity index (χ4n) is 0.829. The summed E-state index contributed by atoms with van der Waals surface area (Å²) in [6.07, 6.45) is 4.32. The van der Waals surface area contributed by atoms with Crippen LogP contribution in [0.2, 0.25) is 0 Å². The predicted octanol–water partition coefficient (Wildman–Crippen LogP) is 0.739. The minimum Gasteiger partial charge on any atom is -0.267 e. The fourth-order valence-corrected chi connectivity index (χ4v) is 0.829. The molecule has 5 heteroatoms. The summed E-state index contributed by atoms with van der Waals surface area (Å²) >= 11 is 0. The topological polar surface area (TPSA) is 71.5 Å². The lowest BCUT2D eigenvalue weighted by molar-refractivity contribution is 0.999. The molecular formula is C8H10N4O. The molecule has 0 bridgehead atoms. The first kappa shape index (κ1) is 9.31. The molecule has 0 saturated carbocycles. The molecule has 5 nitrogen and oxygen atoms in total. The van der Waals surface area contributed by atoms with Crippen molar-refractivity contribution in [1.29, 1.82) is 0 Å². The minimum absolute atomic E-state index is 0.261. The molecule has 0 aliphatic heterocycles. The van der Waals surface area contributed by atoms with Crippen molar-refractivity contribution in [3.05, 3.63) is 29.1 Å². The fraction of sp³-hybridized carbons (Fsp3) is 0.250. The lowest BCUT2D eigenvalue weighted by atomic mass is 10.4. The Labute approximate surface area is 74.9 Å². The van der Waals surface area contributed by atoms with Crippen LogP contribution >= 0.6 is 0 Å². The van der Waals surface area contributed by atoms with E-state index < -0.39 is 0 Å². The maximum atomic E-state index is 11.0. The SMILES string of the molecule is CC.O=c1[nH]ncc2ncncc12. The molecule has 0 amide bonds. The third-order valence-electron chi connectivity index (χ3n) is 1.34. The van der Waals surface area contributed by atoms with Crippen molar-refractivity contribution in [2.24, 2.45) is 0 Å². The summed E-state index contributed by atoms with van der Waals surface area (Å²) in [7, 11) is 0. The van der Waals surface area contributed by atoms with E-state index in [0.717, 1.165) is 0 Å². The van der Waals surface area contributed by atoms with Gasteiger partial charge in [-0.1, -0.05) is 13.8 Å². The molecule has 0 aliphatic carbocycles. The van der Waals surface area contributed by atoms with E-state index in [-0.39, 0.29) is 5.56 Å². The normalized spacial score (nSPS) is 9.08. The first-order chi connectivity index (χ1) is 6.38. The summed E-state index contributed by atoms with van der Waals surface area (Å²) in [6.45, 7) is 4.00. The average molecular weight is 178 g/mol. The monoisotopic (exact) mass is 178 g/mol. The first-order valence-corrected chi connectivity index (χ1v) is 4.01. The number of rotatable bonds is 0. The van der Waals surface area contributed by atoms with Gasteiger partial charge in [-0.05, 0) is 0 Å². The largest absolute Gasteiger partial charge is 0.275 e. The highest BCUT2D eigenvalue weighted by Gasteiger charge is 1.96. The van der Waals surface area contributed by atoms with Gasteiger partial charge in [0.2, 0.25) is 0 Å². The summed E-state index contributed by atoms with van der Waals surface area (Å²) in [5, 5.41) is 6.33. The van der Waals surface area contributed by atoms with Crippen molar-refractivity contribution < 1.29 is 0 Å². The van der Waals surface area contributed by atoms with Gasteiger partial charge in [-0.2, -0.15) is 5.10 Å². The number of aromatic nitrogens is 4. The maximum Gasteiger partial charge on any atom is 0.275 e. The quantitative estimate of drug-likeness (QED) is 0.645. The number of H-pyrrole nitrogens is 1. The zero-order valence-electron chi connectivity index (χ0n) is 7.48. The van der Waals surface area contributed by atoms with E-state index in [0.29, 0.717) is 10.9 Å². The van der Waals surface area contributed by atoms with Gasteiger partial charge in [0.15, 0.2) is 0 Å². The summed E-state index contributed by atoms with van der Waals surface area (Å²) in [6, 6.07) is 0. The summed E-state index contributed by atoms with van der Waals surface area (Å²) < 4.78 is 0. The van der Waals surface area contributed by atoms with Crippen molar-refractivity contribution in [3.63, 3.8) is 0 Å². The molecule has 0 aromatic carbocycles. The van der Waals surface area contributed by atoms with Crippen LogP contribution in [-0.2, 0) is 0 Å². The number of fused-ring (bicyclic) bond motifs is 1. The van der Waals surface area contributed by atoms with Crippen molar-refractivity contribution >= 4 is 10.9 Å². The average Bonchev–Trinajstić information content (AvgIpc) is 2.22. The van der Waals surface area contributed by atoms with Gasteiger partial charge in [-0.3, -0.25) is 4.79 Å². The Morgan fingerprint density at radius 3 is 2.77 bits per heavy atom. The molecule has 0 atom stereocenters. The molecule has 13 heavy (non-hydrogen) atoms. The Kier molecular flexibility index (Phi) is 3.08. The molecule has 0 radical (unpaired) electrons. The minimum atomic E-state index is -0.261. The van der Waals surface area contributed by atoms with Gasteiger partial charge in [0.05, 0.1) is 17.1 Å². The summed E-state index contributed by atoms with van der Waals surface area (Å²) in [5.74, 6) is 0. The van der Waals surface area contributed by atoms with Gasteiger partial charge < -0.3 is 0 Å². The zero-order chi connectivity index (χ0) is 9.68. The predicted molar refractivity (Wildman–Crippen MR) is 49.3 cm³/mol. The van der Waals surface area contributed by atoms with Crippen LogP contribution in [0.4, 0.5) is 0 Å². The van der Waals surface area contributed by atoms with Crippen LogP contribution < -0.4 is 5.56 Å². The van der Waals surface area contributed by atoms with Gasteiger partial charge in [0, 0.05) is 6.20 Å².